The van der Waals surface area contributed by atoms with Gasteiger partial charge in [-0.25, -0.2) is 4.98 Å². The maximum Gasteiger partial charge on any atom is 0.255 e. The van der Waals surface area contributed by atoms with Crippen LogP contribution in [0.3, 0.4) is 0 Å². The van der Waals surface area contributed by atoms with Gasteiger partial charge in [-0.15, -0.1) is 10.2 Å². The number of rotatable bonds is 2. The van der Waals surface area contributed by atoms with E-state index in [0.717, 1.165) is 41.7 Å². The lowest BCUT2D eigenvalue weighted by molar-refractivity contribution is 0.294. The summed E-state index contributed by atoms with van der Waals surface area (Å²) >= 11 is 0. The quantitative estimate of drug-likeness (QED) is 0.905. The van der Waals surface area contributed by atoms with Gasteiger partial charge in [0, 0.05) is 29.9 Å². The minimum Gasteiger partial charge on any atom is -0.311 e. The van der Waals surface area contributed by atoms with Crippen molar-refractivity contribution in [2.45, 2.75) is 58.0 Å². The van der Waals surface area contributed by atoms with Gasteiger partial charge < -0.3 is 5.32 Å². The zero-order chi connectivity index (χ0) is 13.7. The molecule has 1 N–H and O–H groups in total. The predicted octanol–water partition coefficient (Wildman–Crippen LogP) is 1.81. The third kappa shape index (κ3) is 2.00. The van der Waals surface area contributed by atoms with Gasteiger partial charge in [-0.05, 0) is 51.5 Å². The van der Waals surface area contributed by atoms with E-state index < -0.39 is 0 Å². The van der Waals surface area contributed by atoms with Gasteiger partial charge in [-0.3, -0.25) is 4.40 Å². The summed E-state index contributed by atoms with van der Waals surface area (Å²) in [5.41, 5.74) is 2.19. The van der Waals surface area contributed by atoms with Crippen molar-refractivity contribution >= 4 is 5.78 Å². The van der Waals surface area contributed by atoms with Crippen molar-refractivity contribution in [3.05, 3.63) is 23.3 Å². The SMILES string of the molecule is Cc1cc(C)n2c(CC3CC4CCC(C3)N4)nnc2n1. The van der Waals surface area contributed by atoms with Crippen molar-refractivity contribution < 1.29 is 0 Å². The van der Waals surface area contributed by atoms with Crippen molar-refractivity contribution in [1.82, 2.24) is 24.9 Å². The molecule has 0 spiro atoms. The number of fused-ring (bicyclic) bond motifs is 3. The molecular formula is C15H21N5. The topological polar surface area (TPSA) is 55.1 Å². The maximum absolute atomic E-state index is 4.47. The van der Waals surface area contributed by atoms with Crippen LogP contribution in [0.1, 0.15) is 42.9 Å². The second-order valence-corrected chi connectivity index (χ2v) is 6.47. The summed E-state index contributed by atoms with van der Waals surface area (Å²) in [4.78, 5) is 4.47. The summed E-state index contributed by atoms with van der Waals surface area (Å²) in [5, 5.41) is 12.3. The predicted molar refractivity (Wildman–Crippen MR) is 76.6 cm³/mol. The highest BCUT2D eigenvalue weighted by Gasteiger charge is 2.34. The summed E-state index contributed by atoms with van der Waals surface area (Å²) in [5.74, 6) is 2.56. The summed E-state index contributed by atoms with van der Waals surface area (Å²) in [6.45, 7) is 4.12. The van der Waals surface area contributed by atoms with Crippen molar-refractivity contribution in [1.29, 1.82) is 0 Å². The van der Waals surface area contributed by atoms with Gasteiger partial charge in [0.25, 0.3) is 5.78 Å². The lowest BCUT2D eigenvalue weighted by Crippen LogP contribution is -2.38. The first-order valence-corrected chi connectivity index (χ1v) is 7.63. The van der Waals surface area contributed by atoms with Gasteiger partial charge >= 0.3 is 0 Å². The zero-order valence-electron chi connectivity index (χ0n) is 12.1. The fraction of sp³-hybridized carbons (Fsp3) is 0.667. The van der Waals surface area contributed by atoms with Crippen molar-refractivity contribution in [3.63, 3.8) is 0 Å². The van der Waals surface area contributed by atoms with Crippen LogP contribution in [-0.4, -0.2) is 31.7 Å². The first kappa shape index (κ1) is 12.3. The Bertz CT molecular complexity index is 635. The molecule has 0 aromatic carbocycles. The molecule has 2 fully saturated rings. The third-order valence-corrected chi connectivity index (χ3v) is 4.80. The molecule has 106 valence electrons. The van der Waals surface area contributed by atoms with Gasteiger partial charge in [0.2, 0.25) is 0 Å². The maximum atomic E-state index is 4.47. The van der Waals surface area contributed by atoms with Gasteiger partial charge in [0.1, 0.15) is 5.82 Å². The normalized spacial score (nSPS) is 29.2. The molecule has 2 aromatic heterocycles. The van der Waals surface area contributed by atoms with E-state index in [1.165, 1.54) is 31.4 Å². The highest BCUT2D eigenvalue weighted by atomic mass is 15.3. The molecule has 0 saturated carbocycles. The summed E-state index contributed by atoms with van der Waals surface area (Å²) in [6, 6.07) is 3.57. The monoisotopic (exact) mass is 271 g/mol. The van der Waals surface area contributed by atoms with Crippen LogP contribution in [0.2, 0.25) is 0 Å². The van der Waals surface area contributed by atoms with Gasteiger partial charge in [-0.1, -0.05) is 0 Å². The van der Waals surface area contributed by atoms with Crippen LogP contribution < -0.4 is 5.32 Å². The number of hydrogen-bond acceptors (Lipinski definition) is 4. The standard InChI is InChI=1S/C15H21N5/c1-9-5-10(2)20-14(18-19-15(20)16-9)8-11-6-12-3-4-13(7-11)17-12/h5,11-13,17H,3-4,6-8H2,1-2H3. The molecule has 0 aliphatic carbocycles. The summed E-state index contributed by atoms with van der Waals surface area (Å²) in [7, 11) is 0. The minimum absolute atomic E-state index is 0.736. The number of hydrogen-bond donors (Lipinski definition) is 1. The number of piperidine rings is 1. The molecule has 2 aliphatic rings. The van der Waals surface area contributed by atoms with Crippen LogP contribution in [0.25, 0.3) is 5.78 Å². The van der Waals surface area contributed by atoms with Crippen molar-refractivity contribution in [2.24, 2.45) is 5.92 Å². The van der Waals surface area contributed by atoms with Gasteiger partial charge in [-0.2, -0.15) is 0 Å². The van der Waals surface area contributed by atoms with Crippen LogP contribution >= 0.6 is 0 Å². The molecule has 2 aliphatic heterocycles. The first-order chi connectivity index (χ1) is 9.69. The van der Waals surface area contributed by atoms with E-state index in [2.05, 4.69) is 37.9 Å². The number of nitrogens with zero attached hydrogens (tertiary/aromatic N) is 4. The molecule has 5 heteroatoms. The average Bonchev–Trinajstić information content (AvgIpc) is 2.93. The first-order valence-electron chi connectivity index (χ1n) is 7.63. The van der Waals surface area contributed by atoms with Crippen LogP contribution in [-0.2, 0) is 6.42 Å². The molecule has 5 nitrogen and oxygen atoms in total. The fourth-order valence-corrected chi connectivity index (χ4v) is 4.03. The Morgan fingerprint density at radius 1 is 1.20 bits per heavy atom. The van der Waals surface area contributed by atoms with E-state index in [1.54, 1.807) is 0 Å². The number of aryl methyl sites for hydroxylation is 2. The van der Waals surface area contributed by atoms with Crippen molar-refractivity contribution in [2.75, 3.05) is 0 Å². The summed E-state index contributed by atoms with van der Waals surface area (Å²) in [6.07, 6.45) is 6.29. The molecule has 4 heterocycles. The lowest BCUT2D eigenvalue weighted by Gasteiger charge is -2.28. The Morgan fingerprint density at radius 2 is 1.95 bits per heavy atom. The Balaban J connectivity index is 1.63. The van der Waals surface area contributed by atoms with E-state index >= 15 is 0 Å². The molecule has 0 radical (unpaired) electrons. The second kappa shape index (κ2) is 4.52. The molecule has 2 unspecified atom stereocenters. The molecule has 2 aromatic rings. The van der Waals surface area contributed by atoms with Crippen LogP contribution in [0.15, 0.2) is 6.07 Å². The Morgan fingerprint density at radius 3 is 2.70 bits per heavy atom. The minimum atomic E-state index is 0.736. The van der Waals surface area contributed by atoms with Gasteiger partial charge in [0.05, 0.1) is 0 Å². The lowest BCUT2D eigenvalue weighted by atomic mass is 9.89. The molecular weight excluding hydrogens is 250 g/mol. The van der Waals surface area contributed by atoms with E-state index in [4.69, 9.17) is 0 Å². The molecule has 2 bridgehead atoms. The Kier molecular flexibility index (Phi) is 2.77. The third-order valence-electron chi connectivity index (χ3n) is 4.80. The molecule has 0 amide bonds. The highest BCUT2D eigenvalue weighted by Crippen LogP contribution is 2.32. The van der Waals surface area contributed by atoms with Crippen LogP contribution in [0.5, 0.6) is 0 Å². The van der Waals surface area contributed by atoms with Crippen LogP contribution in [0.4, 0.5) is 0 Å². The Hall–Kier alpha value is -1.49. The molecule has 2 saturated heterocycles. The largest absolute Gasteiger partial charge is 0.311 e. The average molecular weight is 271 g/mol. The molecule has 4 rings (SSSR count). The smallest absolute Gasteiger partial charge is 0.255 e. The number of nitrogens with one attached hydrogen (secondary N) is 1. The highest BCUT2D eigenvalue weighted by molar-refractivity contribution is 5.32. The zero-order valence-corrected chi connectivity index (χ0v) is 12.1. The van der Waals surface area contributed by atoms with Crippen molar-refractivity contribution in [3.8, 4) is 0 Å². The van der Waals surface area contributed by atoms with E-state index in [-0.39, 0.29) is 0 Å². The fourth-order valence-electron chi connectivity index (χ4n) is 4.03. The molecule has 2 atom stereocenters. The Labute approximate surface area is 118 Å². The summed E-state index contributed by atoms with van der Waals surface area (Å²) < 4.78 is 2.12. The van der Waals surface area contributed by atoms with E-state index in [9.17, 15) is 0 Å². The second-order valence-electron chi connectivity index (χ2n) is 6.47. The number of aromatic nitrogens is 4. The van der Waals surface area contributed by atoms with E-state index in [0.29, 0.717) is 0 Å². The van der Waals surface area contributed by atoms with Crippen LogP contribution in [0, 0.1) is 19.8 Å². The molecule has 20 heavy (non-hydrogen) atoms. The van der Waals surface area contributed by atoms with Gasteiger partial charge in [0.15, 0.2) is 0 Å². The van der Waals surface area contributed by atoms with E-state index in [1.807, 2.05) is 6.92 Å².